The van der Waals surface area contributed by atoms with Crippen LogP contribution in [0.3, 0.4) is 0 Å². The summed E-state index contributed by atoms with van der Waals surface area (Å²) in [5.74, 6) is 0.530. The molecule has 0 spiro atoms. The summed E-state index contributed by atoms with van der Waals surface area (Å²) in [5, 5.41) is 0. The number of carbonyl (C=O) groups is 1. The number of amides is 1. The van der Waals surface area contributed by atoms with Gasteiger partial charge in [-0.1, -0.05) is 30.4 Å². The molecule has 1 aromatic rings. The molecule has 1 atom stereocenters. The third-order valence-corrected chi connectivity index (χ3v) is 2.90. The molecule has 0 saturated carbocycles. The van der Waals surface area contributed by atoms with Crippen molar-refractivity contribution in [3.05, 3.63) is 29.8 Å². The fourth-order valence-corrected chi connectivity index (χ4v) is 2.14. The Morgan fingerprint density at radius 1 is 1.59 bits per heavy atom. The van der Waals surface area contributed by atoms with Gasteiger partial charge < -0.3 is 15.4 Å². The van der Waals surface area contributed by atoms with E-state index in [4.69, 9.17) is 22.7 Å². The molecule has 1 aliphatic rings. The Morgan fingerprint density at radius 3 is 3.00 bits per heavy atom. The average molecular weight is 250 g/mol. The van der Waals surface area contributed by atoms with E-state index in [2.05, 4.69) is 0 Å². The molecule has 0 saturated heterocycles. The number of fused-ring (bicyclic) bond motifs is 1. The van der Waals surface area contributed by atoms with Crippen LogP contribution in [0.2, 0.25) is 0 Å². The highest BCUT2D eigenvalue weighted by Gasteiger charge is 2.31. The van der Waals surface area contributed by atoms with Crippen molar-refractivity contribution in [1.29, 1.82) is 0 Å². The highest BCUT2D eigenvalue weighted by molar-refractivity contribution is 7.80. The molecule has 0 radical (unpaired) electrons. The number of likely N-dealkylation sites (N-methyl/N-ethyl adjacent to an activating group) is 1. The third-order valence-electron chi connectivity index (χ3n) is 2.77. The lowest BCUT2D eigenvalue weighted by atomic mass is 10.00. The van der Waals surface area contributed by atoms with Crippen LogP contribution in [0.1, 0.15) is 11.5 Å². The lowest BCUT2D eigenvalue weighted by molar-refractivity contribution is -0.131. The molecule has 0 aromatic heterocycles. The van der Waals surface area contributed by atoms with Gasteiger partial charge in [0.15, 0.2) is 0 Å². The summed E-state index contributed by atoms with van der Waals surface area (Å²) in [5.41, 5.74) is 6.37. The van der Waals surface area contributed by atoms with Crippen LogP contribution >= 0.6 is 12.2 Å². The van der Waals surface area contributed by atoms with E-state index >= 15 is 0 Å². The zero-order valence-corrected chi connectivity index (χ0v) is 10.4. The van der Waals surface area contributed by atoms with Crippen LogP contribution in [0.4, 0.5) is 0 Å². The Morgan fingerprint density at radius 2 is 2.29 bits per heavy atom. The van der Waals surface area contributed by atoms with Crippen LogP contribution in [0.25, 0.3) is 0 Å². The first-order chi connectivity index (χ1) is 8.09. The summed E-state index contributed by atoms with van der Waals surface area (Å²) in [7, 11) is 1.70. The summed E-state index contributed by atoms with van der Waals surface area (Å²) in [4.78, 5) is 14.0. The van der Waals surface area contributed by atoms with Gasteiger partial charge in [0.2, 0.25) is 5.91 Å². The van der Waals surface area contributed by atoms with Gasteiger partial charge in [-0.2, -0.15) is 0 Å². The van der Waals surface area contributed by atoms with Crippen molar-refractivity contribution >= 4 is 23.1 Å². The number of rotatable bonds is 3. The predicted molar refractivity (Wildman–Crippen MR) is 69.1 cm³/mol. The van der Waals surface area contributed by atoms with Crippen molar-refractivity contribution in [2.75, 3.05) is 20.2 Å². The van der Waals surface area contributed by atoms with Gasteiger partial charge in [0.1, 0.15) is 18.3 Å². The zero-order valence-electron chi connectivity index (χ0n) is 9.55. The molecule has 1 aliphatic heterocycles. The summed E-state index contributed by atoms with van der Waals surface area (Å²) in [6.45, 7) is 0.687. The number of hydrogen-bond donors (Lipinski definition) is 1. The van der Waals surface area contributed by atoms with Gasteiger partial charge in [0, 0.05) is 12.6 Å². The summed E-state index contributed by atoms with van der Waals surface area (Å²) < 4.78 is 5.48. The van der Waals surface area contributed by atoms with Gasteiger partial charge in [-0.05, 0) is 6.07 Å². The van der Waals surface area contributed by atoms with Crippen LogP contribution in [-0.4, -0.2) is 36.0 Å². The third kappa shape index (κ3) is 2.39. The average Bonchev–Trinajstić information content (AvgIpc) is 2.70. The number of nitrogens with zero attached hydrogens (tertiary/aromatic N) is 1. The minimum Gasteiger partial charge on any atom is -0.492 e. The lowest BCUT2D eigenvalue weighted by Gasteiger charge is -2.19. The fourth-order valence-electron chi connectivity index (χ4n) is 1.94. The van der Waals surface area contributed by atoms with E-state index < -0.39 is 0 Å². The Hall–Kier alpha value is -1.62. The van der Waals surface area contributed by atoms with Crippen LogP contribution < -0.4 is 10.5 Å². The number of carbonyl (C=O) groups excluding carboxylic acids is 1. The maximum absolute atomic E-state index is 12.2. The van der Waals surface area contributed by atoms with Gasteiger partial charge >= 0.3 is 0 Å². The predicted octanol–water partition coefficient (Wildman–Crippen LogP) is 0.907. The fraction of sp³-hybridized carbons (Fsp3) is 0.333. The molecule has 90 valence electrons. The highest BCUT2D eigenvalue weighted by atomic mass is 32.1. The number of hydrogen-bond acceptors (Lipinski definition) is 3. The molecule has 2 N–H and O–H groups in total. The maximum atomic E-state index is 12.2. The normalized spacial score (nSPS) is 17.1. The number of nitrogens with two attached hydrogens (primary N) is 1. The highest BCUT2D eigenvalue weighted by Crippen LogP contribution is 2.34. The molecule has 0 fully saturated rings. The number of benzene rings is 1. The SMILES string of the molecule is CN(CC(N)=S)C(=O)C1COc2ccccc21. The van der Waals surface area contributed by atoms with E-state index in [0.717, 1.165) is 11.3 Å². The molecule has 17 heavy (non-hydrogen) atoms. The second kappa shape index (κ2) is 4.71. The monoisotopic (exact) mass is 250 g/mol. The van der Waals surface area contributed by atoms with E-state index in [-0.39, 0.29) is 11.8 Å². The second-order valence-corrected chi connectivity index (χ2v) is 4.59. The van der Waals surface area contributed by atoms with Crippen molar-refractivity contribution in [3.8, 4) is 5.75 Å². The molecule has 1 amide bonds. The quantitative estimate of drug-likeness (QED) is 0.810. The van der Waals surface area contributed by atoms with E-state index in [1.165, 1.54) is 0 Å². The van der Waals surface area contributed by atoms with Crippen LogP contribution in [0.15, 0.2) is 24.3 Å². The number of para-hydroxylation sites is 1. The molecule has 1 heterocycles. The minimum absolute atomic E-state index is 0.0113. The number of thiocarbonyl (C=S) groups is 1. The van der Waals surface area contributed by atoms with E-state index in [9.17, 15) is 4.79 Å². The Labute approximate surface area is 105 Å². The van der Waals surface area contributed by atoms with Gasteiger partial charge in [0.25, 0.3) is 0 Å². The van der Waals surface area contributed by atoms with Crippen molar-refractivity contribution in [2.24, 2.45) is 5.73 Å². The first-order valence-corrected chi connectivity index (χ1v) is 5.75. The van der Waals surface area contributed by atoms with Crippen LogP contribution in [0, 0.1) is 0 Å². The first-order valence-electron chi connectivity index (χ1n) is 5.34. The molecule has 5 heteroatoms. The summed E-state index contributed by atoms with van der Waals surface area (Å²) in [6.07, 6.45) is 0. The molecule has 4 nitrogen and oxygen atoms in total. The van der Waals surface area contributed by atoms with Crippen LogP contribution in [-0.2, 0) is 4.79 Å². The Kier molecular flexibility index (Phi) is 3.28. The molecule has 0 aliphatic carbocycles. The largest absolute Gasteiger partial charge is 0.492 e. The second-order valence-electron chi connectivity index (χ2n) is 4.06. The topological polar surface area (TPSA) is 55.6 Å². The van der Waals surface area contributed by atoms with E-state index in [0.29, 0.717) is 18.1 Å². The molecular weight excluding hydrogens is 236 g/mol. The van der Waals surface area contributed by atoms with Crippen LogP contribution in [0.5, 0.6) is 5.75 Å². The molecule has 0 bridgehead atoms. The van der Waals surface area contributed by atoms with Gasteiger partial charge in [-0.25, -0.2) is 0 Å². The summed E-state index contributed by atoms with van der Waals surface area (Å²) in [6, 6.07) is 7.58. The van der Waals surface area contributed by atoms with E-state index in [1.807, 2.05) is 24.3 Å². The number of ether oxygens (including phenoxy) is 1. The lowest BCUT2D eigenvalue weighted by Crippen LogP contribution is -2.37. The Bertz CT molecular complexity index is 462. The minimum atomic E-state index is -0.245. The molecule has 1 aromatic carbocycles. The van der Waals surface area contributed by atoms with Crippen molar-refractivity contribution in [3.63, 3.8) is 0 Å². The maximum Gasteiger partial charge on any atom is 0.233 e. The van der Waals surface area contributed by atoms with Gasteiger partial charge in [-0.15, -0.1) is 0 Å². The Balaban J connectivity index is 2.15. The van der Waals surface area contributed by atoms with Crippen molar-refractivity contribution in [2.45, 2.75) is 5.92 Å². The van der Waals surface area contributed by atoms with Gasteiger partial charge in [0.05, 0.1) is 11.5 Å². The van der Waals surface area contributed by atoms with Crippen molar-refractivity contribution in [1.82, 2.24) is 4.90 Å². The standard InChI is InChI=1S/C12H14N2O2S/c1-14(6-11(13)17)12(15)9-7-16-10-5-3-2-4-8(9)10/h2-5,9H,6-7H2,1H3,(H2,13,17). The smallest absolute Gasteiger partial charge is 0.233 e. The zero-order chi connectivity index (χ0) is 12.4. The van der Waals surface area contributed by atoms with Crippen molar-refractivity contribution < 1.29 is 9.53 Å². The summed E-state index contributed by atoms with van der Waals surface area (Å²) >= 11 is 4.80. The molecule has 1 unspecified atom stereocenters. The molecular formula is C12H14N2O2S. The van der Waals surface area contributed by atoms with Gasteiger partial charge in [-0.3, -0.25) is 4.79 Å². The first kappa shape index (κ1) is 11.9. The molecule has 2 rings (SSSR count). The van der Waals surface area contributed by atoms with E-state index in [1.54, 1.807) is 11.9 Å².